The Labute approximate surface area is 122 Å². The van der Waals surface area contributed by atoms with Crippen molar-refractivity contribution in [1.82, 2.24) is 9.71 Å². The molecule has 0 atom stereocenters. The van der Waals surface area contributed by atoms with E-state index in [0.717, 1.165) is 23.9 Å². The van der Waals surface area contributed by atoms with Crippen LogP contribution in [0.3, 0.4) is 0 Å². The first-order valence-electron chi connectivity index (χ1n) is 6.32. The number of hydrogen-bond acceptors (Lipinski definition) is 4. The predicted molar refractivity (Wildman–Crippen MR) is 75.5 cm³/mol. The molecule has 1 aromatic carbocycles. The van der Waals surface area contributed by atoms with Gasteiger partial charge in [-0.25, -0.2) is 17.5 Å². The Morgan fingerprint density at radius 2 is 2.05 bits per heavy atom. The molecule has 1 aromatic heterocycles. The van der Waals surface area contributed by atoms with E-state index < -0.39 is 22.4 Å². The molecule has 0 aliphatic heterocycles. The summed E-state index contributed by atoms with van der Waals surface area (Å²) in [7, 11) is -3.74. The molecule has 2 rings (SSSR count). The summed E-state index contributed by atoms with van der Waals surface area (Å²) in [4.78, 5) is 4.02. The predicted octanol–water partition coefficient (Wildman–Crippen LogP) is 1.23. The SMILES string of the molecule is O=S(=O)(NCCc1ccccn1)c1ccc(F)c(CO)c1. The van der Waals surface area contributed by atoms with Crippen LogP contribution in [-0.4, -0.2) is 25.1 Å². The van der Waals surface area contributed by atoms with Gasteiger partial charge in [0, 0.05) is 30.4 Å². The van der Waals surface area contributed by atoms with Crippen LogP contribution >= 0.6 is 0 Å². The zero-order valence-corrected chi connectivity index (χ0v) is 12.0. The second kappa shape index (κ2) is 6.75. The highest BCUT2D eigenvalue weighted by Gasteiger charge is 2.15. The molecular formula is C14H15FN2O3S. The Balaban J connectivity index is 2.05. The molecule has 1 heterocycles. The Bertz CT molecular complexity index is 705. The molecule has 0 aliphatic rings. The third kappa shape index (κ3) is 4.07. The number of aliphatic hydroxyl groups is 1. The molecule has 2 N–H and O–H groups in total. The number of sulfonamides is 1. The lowest BCUT2D eigenvalue weighted by molar-refractivity contribution is 0.275. The van der Waals surface area contributed by atoms with Crippen molar-refractivity contribution in [3.63, 3.8) is 0 Å². The van der Waals surface area contributed by atoms with E-state index in [2.05, 4.69) is 9.71 Å². The van der Waals surface area contributed by atoms with Crippen molar-refractivity contribution < 1.29 is 17.9 Å². The highest BCUT2D eigenvalue weighted by Crippen LogP contribution is 2.15. The number of benzene rings is 1. The van der Waals surface area contributed by atoms with Crippen LogP contribution in [0.4, 0.5) is 4.39 Å². The van der Waals surface area contributed by atoms with Crippen molar-refractivity contribution in [1.29, 1.82) is 0 Å². The highest BCUT2D eigenvalue weighted by molar-refractivity contribution is 7.89. The van der Waals surface area contributed by atoms with Gasteiger partial charge >= 0.3 is 0 Å². The van der Waals surface area contributed by atoms with Crippen LogP contribution in [0, 0.1) is 5.82 Å². The Morgan fingerprint density at radius 1 is 1.24 bits per heavy atom. The number of nitrogens with zero attached hydrogens (tertiary/aromatic N) is 1. The van der Waals surface area contributed by atoms with Crippen LogP contribution in [-0.2, 0) is 23.1 Å². The first-order valence-corrected chi connectivity index (χ1v) is 7.80. The maximum Gasteiger partial charge on any atom is 0.240 e. The second-order valence-corrected chi connectivity index (χ2v) is 6.15. The Hall–Kier alpha value is -1.83. The third-order valence-corrected chi connectivity index (χ3v) is 4.36. The lowest BCUT2D eigenvalue weighted by atomic mass is 10.2. The smallest absolute Gasteiger partial charge is 0.240 e. The minimum atomic E-state index is -3.74. The van der Waals surface area contributed by atoms with Crippen molar-refractivity contribution >= 4 is 10.0 Å². The largest absolute Gasteiger partial charge is 0.392 e. The van der Waals surface area contributed by atoms with Gasteiger partial charge in [0.05, 0.1) is 11.5 Å². The zero-order chi connectivity index (χ0) is 15.3. The van der Waals surface area contributed by atoms with Crippen LogP contribution in [0.5, 0.6) is 0 Å². The molecule has 0 unspecified atom stereocenters. The van der Waals surface area contributed by atoms with Gasteiger partial charge in [-0.3, -0.25) is 4.98 Å². The van der Waals surface area contributed by atoms with Crippen LogP contribution in [0.25, 0.3) is 0 Å². The van der Waals surface area contributed by atoms with E-state index in [1.54, 1.807) is 18.3 Å². The number of aromatic nitrogens is 1. The van der Waals surface area contributed by atoms with E-state index in [1.807, 2.05) is 6.07 Å². The zero-order valence-electron chi connectivity index (χ0n) is 11.2. The molecular weight excluding hydrogens is 295 g/mol. The standard InChI is InChI=1S/C14H15FN2O3S/c15-14-5-4-13(9-11(14)10-18)21(19,20)17-8-6-12-3-1-2-7-16-12/h1-5,7,9,17-18H,6,8,10H2. The summed E-state index contributed by atoms with van der Waals surface area (Å²) in [6.45, 7) is -0.367. The summed E-state index contributed by atoms with van der Waals surface area (Å²) in [6, 6.07) is 8.72. The molecule has 0 saturated carbocycles. The number of pyridine rings is 1. The van der Waals surface area contributed by atoms with Crippen LogP contribution in [0.15, 0.2) is 47.5 Å². The van der Waals surface area contributed by atoms with Crippen molar-refractivity contribution in [3.8, 4) is 0 Å². The van der Waals surface area contributed by atoms with E-state index in [1.165, 1.54) is 0 Å². The molecule has 7 heteroatoms. The maximum absolute atomic E-state index is 13.2. The Morgan fingerprint density at radius 3 is 2.71 bits per heavy atom. The number of rotatable bonds is 6. The second-order valence-electron chi connectivity index (χ2n) is 4.38. The van der Waals surface area contributed by atoms with E-state index >= 15 is 0 Å². The van der Waals surface area contributed by atoms with Gasteiger partial charge in [0.1, 0.15) is 5.82 Å². The van der Waals surface area contributed by atoms with Crippen molar-refractivity contribution in [2.45, 2.75) is 17.9 Å². The lowest BCUT2D eigenvalue weighted by Gasteiger charge is -2.08. The fraction of sp³-hybridized carbons (Fsp3) is 0.214. The molecule has 2 aromatic rings. The number of hydrogen-bond donors (Lipinski definition) is 2. The summed E-state index contributed by atoms with van der Waals surface area (Å²) in [5.41, 5.74) is 0.720. The highest BCUT2D eigenvalue weighted by atomic mass is 32.2. The first kappa shape index (κ1) is 15.6. The summed E-state index contributed by atoms with van der Waals surface area (Å²) < 4.78 is 39.8. The number of nitrogens with one attached hydrogen (secondary N) is 1. The maximum atomic E-state index is 13.2. The minimum Gasteiger partial charge on any atom is -0.392 e. The summed E-state index contributed by atoms with van der Waals surface area (Å²) in [5, 5.41) is 8.97. The van der Waals surface area contributed by atoms with E-state index in [4.69, 9.17) is 5.11 Å². The molecule has 0 bridgehead atoms. The van der Waals surface area contributed by atoms with Gasteiger partial charge in [-0.15, -0.1) is 0 Å². The molecule has 21 heavy (non-hydrogen) atoms. The molecule has 0 saturated heterocycles. The van der Waals surface area contributed by atoms with Crippen LogP contribution in [0.1, 0.15) is 11.3 Å². The topological polar surface area (TPSA) is 79.3 Å². The third-order valence-electron chi connectivity index (χ3n) is 2.90. The molecule has 112 valence electrons. The van der Waals surface area contributed by atoms with Gasteiger partial charge in [0.25, 0.3) is 0 Å². The average Bonchev–Trinajstić information content (AvgIpc) is 2.48. The van der Waals surface area contributed by atoms with Gasteiger partial charge in [0.15, 0.2) is 0 Å². The van der Waals surface area contributed by atoms with Crippen LogP contribution < -0.4 is 4.72 Å². The lowest BCUT2D eigenvalue weighted by Crippen LogP contribution is -2.26. The molecule has 0 fully saturated rings. The Kier molecular flexibility index (Phi) is 5.00. The quantitative estimate of drug-likeness (QED) is 0.841. The van der Waals surface area contributed by atoms with Gasteiger partial charge in [-0.2, -0.15) is 0 Å². The summed E-state index contributed by atoms with van der Waals surface area (Å²) in [6.07, 6.45) is 2.09. The monoisotopic (exact) mass is 310 g/mol. The van der Waals surface area contributed by atoms with Gasteiger partial charge in [0.2, 0.25) is 10.0 Å². The summed E-state index contributed by atoms with van der Waals surface area (Å²) in [5.74, 6) is -0.634. The molecule has 0 aliphatic carbocycles. The normalized spacial score (nSPS) is 11.5. The van der Waals surface area contributed by atoms with Crippen LogP contribution in [0.2, 0.25) is 0 Å². The fourth-order valence-corrected chi connectivity index (χ4v) is 2.86. The van der Waals surface area contributed by atoms with E-state index in [-0.39, 0.29) is 17.0 Å². The molecule has 0 spiro atoms. The minimum absolute atomic E-state index is 0.0531. The van der Waals surface area contributed by atoms with Gasteiger partial charge < -0.3 is 5.11 Å². The average molecular weight is 310 g/mol. The van der Waals surface area contributed by atoms with Crippen molar-refractivity contribution in [3.05, 3.63) is 59.7 Å². The van der Waals surface area contributed by atoms with Crippen molar-refractivity contribution in [2.24, 2.45) is 0 Å². The molecule has 0 radical (unpaired) electrons. The van der Waals surface area contributed by atoms with E-state index in [9.17, 15) is 12.8 Å². The van der Waals surface area contributed by atoms with Gasteiger partial charge in [-0.05, 0) is 30.3 Å². The first-order chi connectivity index (χ1) is 10.0. The molecule has 0 amide bonds. The van der Waals surface area contributed by atoms with E-state index in [0.29, 0.717) is 6.42 Å². The number of aliphatic hydroxyl groups excluding tert-OH is 1. The van der Waals surface area contributed by atoms with Gasteiger partial charge in [-0.1, -0.05) is 6.07 Å². The fourth-order valence-electron chi connectivity index (χ4n) is 1.78. The molecule has 5 nitrogen and oxygen atoms in total. The number of halogens is 1. The summed E-state index contributed by atoms with van der Waals surface area (Å²) >= 11 is 0. The van der Waals surface area contributed by atoms with Crippen molar-refractivity contribution in [2.75, 3.05) is 6.54 Å².